The van der Waals surface area contributed by atoms with Crippen LogP contribution >= 0.6 is 0 Å². The lowest BCUT2D eigenvalue weighted by Gasteiger charge is -1.97. The van der Waals surface area contributed by atoms with Gasteiger partial charge in [-0.15, -0.1) is 5.11 Å². The molecule has 19 heavy (non-hydrogen) atoms. The summed E-state index contributed by atoms with van der Waals surface area (Å²) in [7, 11) is -3.70. The summed E-state index contributed by atoms with van der Waals surface area (Å²) in [6, 6.07) is 5.70. The zero-order chi connectivity index (χ0) is 14.0. The second kappa shape index (κ2) is 4.78. The summed E-state index contributed by atoms with van der Waals surface area (Å²) < 4.78 is 22.1. The lowest BCUT2D eigenvalue weighted by atomic mass is 10.3. The molecule has 0 fully saturated rings. The summed E-state index contributed by atoms with van der Waals surface area (Å²) in [4.78, 5) is 0.0189. The van der Waals surface area contributed by atoms with Crippen molar-refractivity contribution >= 4 is 27.2 Å². The highest BCUT2D eigenvalue weighted by Gasteiger charge is 2.07. The highest BCUT2D eigenvalue weighted by Crippen LogP contribution is 2.26. The molecule has 8 nitrogen and oxygen atoms in total. The Kier molecular flexibility index (Phi) is 3.32. The van der Waals surface area contributed by atoms with E-state index in [9.17, 15) is 8.42 Å². The van der Waals surface area contributed by atoms with Crippen LogP contribution in [0.2, 0.25) is 0 Å². The number of H-pyrrole nitrogens is 1. The van der Waals surface area contributed by atoms with Crippen LogP contribution in [0.1, 0.15) is 5.69 Å². The van der Waals surface area contributed by atoms with E-state index in [0.29, 0.717) is 17.1 Å². The van der Waals surface area contributed by atoms with Gasteiger partial charge in [-0.05, 0) is 31.2 Å². The zero-order valence-electron chi connectivity index (χ0n) is 10.0. The van der Waals surface area contributed by atoms with Crippen molar-refractivity contribution in [2.75, 3.05) is 5.73 Å². The predicted octanol–water partition coefficient (Wildman–Crippen LogP) is 1.36. The van der Waals surface area contributed by atoms with E-state index in [-0.39, 0.29) is 10.7 Å². The molecular formula is C10H12N6O2S. The molecule has 1 heterocycles. The molecule has 0 aliphatic rings. The number of benzene rings is 1. The number of aromatic nitrogens is 2. The number of anilines is 1. The maximum absolute atomic E-state index is 11.1. The minimum atomic E-state index is -3.70. The third kappa shape index (κ3) is 2.95. The van der Waals surface area contributed by atoms with Gasteiger partial charge in [0.25, 0.3) is 0 Å². The lowest BCUT2D eigenvalue weighted by Crippen LogP contribution is -2.11. The molecule has 0 radical (unpaired) electrons. The number of aryl methyl sites for hydroxylation is 1. The van der Waals surface area contributed by atoms with Gasteiger partial charge >= 0.3 is 0 Å². The third-order valence-electron chi connectivity index (χ3n) is 2.37. The monoisotopic (exact) mass is 280 g/mol. The standard InChI is InChI=1S/C10H12N6O2S/c1-6-9(10(11)16-13-6)15-14-7-2-4-8(5-3-7)19(12,17)18/h2-5H,1H3,(H3,11,13,16)(H2,12,17,18). The maximum atomic E-state index is 11.1. The Morgan fingerprint density at radius 3 is 2.32 bits per heavy atom. The highest BCUT2D eigenvalue weighted by molar-refractivity contribution is 7.89. The van der Waals surface area contributed by atoms with Crippen LogP contribution in [0.5, 0.6) is 0 Å². The predicted molar refractivity (Wildman–Crippen MR) is 69.7 cm³/mol. The Labute approximate surface area is 109 Å². The minimum Gasteiger partial charge on any atom is -0.380 e. The van der Waals surface area contributed by atoms with Crippen LogP contribution in [-0.4, -0.2) is 18.6 Å². The van der Waals surface area contributed by atoms with Crippen LogP contribution in [-0.2, 0) is 10.0 Å². The van der Waals surface area contributed by atoms with Crippen LogP contribution in [0.4, 0.5) is 17.2 Å². The van der Waals surface area contributed by atoms with Crippen molar-refractivity contribution in [2.45, 2.75) is 11.8 Å². The minimum absolute atomic E-state index is 0.0189. The van der Waals surface area contributed by atoms with E-state index in [2.05, 4.69) is 20.4 Å². The normalized spacial score (nSPS) is 12.1. The smallest absolute Gasteiger partial charge is 0.238 e. The SMILES string of the molecule is Cc1[nH]nc(N)c1N=Nc1ccc(S(N)(=O)=O)cc1. The van der Waals surface area contributed by atoms with Crippen LogP contribution in [0.15, 0.2) is 39.4 Å². The fourth-order valence-corrected chi connectivity index (χ4v) is 1.89. The molecule has 100 valence electrons. The number of hydrogen-bond donors (Lipinski definition) is 3. The largest absolute Gasteiger partial charge is 0.380 e. The highest BCUT2D eigenvalue weighted by atomic mass is 32.2. The quantitative estimate of drug-likeness (QED) is 0.730. The fourth-order valence-electron chi connectivity index (χ4n) is 1.38. The summed E-state index contributed by atoms with van der Waals surface area (Å²) in [5.41, 5.74) is 7.22. The summed E-state index contributed by atoms with van der Waals surface area (Å²) in [6.45, 7) is 1.77. The number of nitrogens with one attached hydrogen (secondary N) is 1. The molecule has 2 aromatic rings. The first-order valence-corrected chi connectivity index (χ1v) is 6.77. The molecule has 5 N–H and O–H groups in total. The summed E-state index contributed by atoms with van der Waals surface area (Å²) in [5.74, 6) is 0.252. The van der Waals surface area contributed by atoms with Gasteiger partial charge in [0.05, 0.1) is 16.3 Å². The first-order chi connectivity index (χ1) is 8.88. The van der Waals surface area contributed by atoms with E-state index in [4.69, 9.17) is 10.9 Å². The number of aromatic amines is 1. The molecule has 0 atom stereocenters. The first-order valence-electron chi connectivity index (χ1n) is 5.23. The second-order valence-corrected chi connectivity index (χ2v) is 5.38. The van der Waals surface area contributed by atoms with Gasteiger partial charge in [0.1, 0.15) is 5.69 Å². The molecular weight excluding hydrogens is 268 g/mol. The Hall–Kier alpha value is -2.26. The van der Waals surface area contributed by atoms with Gasteiger partial charge in [-0.2, -0.15) is 10.2 Å². The third-order valence-corrected chi connectivity index (χ3v) is 3.30. The maximum Gasteiger partial charge on any atom is 0.238 e. The van der Waals surface area contributed by atoms with Crippen molar-refractivity contribution in [1.29, 1.82) is 0 Å². The van der Waals surface area contributed by atoms with Crippen molar-refractivity contribution in [1.82, 2.24) is 10.2 Å². The first kappa shape index (κ1) is 13.2. The van der Waals surface area contributed by atoms with Crippen LogP contribution in [0.25, 0.3) is 0 Å². The molecule has 0 spiro atoms. The Balaban J connectivity index is 2.25. The van der Waals surface area contributed by atoms with E-state index < -0.39 is 10.0 Å². The van der Waals surface area contributed by atoms with Crippen molar-refractivity contribution in [2.24, 2.45) is 15.4 Å². The van der Waals surface area contributed by atoms with Crippen LogP contribution in [0.3, 0.4) is 0 Å². The number of azo groups is 1. The van der Waals surface area contributed by atoms with Gasteiger partial charge < -0.3 is 5.73 Å². The number of sulfonamides is 1. The molecule has 0 saturated heterocycles. The van der Waals surface area contributed by atoms with E-state index in [1.165, 1.54) is 24.3 Å². The van der Waals surface area contributed by atoms with Gasteiger partial charge in [-0.1, -0.05) is 0 Å². The van der Waals surface area contributed by atoms with Crippen molar-refractivity contribution in [3.63, 3.8) is 0 Å². The second-order valence-electron chi connectivity index (χ2n) is 3.82. The molecule has 1 aromatic heterocycles. The number of primary sulfonamides is 1. The van der Waals surface area contributed by atoms with Crippen LogP contribution in [0, 0.1) is 6.92 Å². The molecule has 0 aliphatic carbocycles. The van der Waals surface area contributed by atoms with E-state index in [1.807, 2.05) is 0 Å². The van der Waals surface area contributed by atoms with Gasteiger partial charge in [0.15, 0.2) is 5.82 Å². The molecule has 2 rings (SSSR count). The number of nitrogen functional groups attached to an aromatic ring is 1. The van der Waals surface area contributed by atoms with Gasteiger partial charge in [-0.25, -0.2) is 13.6 Å². The fraction of sp³-hybridized carbons (Fsp3) is 0.100. The van der Waals surface area contributed by atoms with Gasteiger partial charge in [-0.3, -0.25) is 5.10 Å². The van der Waals surface area contributed by atoms with Gasteiger partial charge in [0.2, 0.25) is 10.0 Å². The molecule has 0 saturated carbocycles. The van der Waals surface area contributed by atoms with Crippen molar-refractivity contribution in [3.05, 3.63) is 30.0 Å². The molecule has 0 aliphatic heterocycles. The van der Waals surface area contributed by atoms with Crippen molar-refractivity contribution < 1.29 is 8.42 Å². The summed E-state index contributed by atoms with van der Waals surface area (Å²) in [5, 5.41) is 19.3. The number of hydrogen-bond acceptors (Lipinski definition) is 6. The lowest BCUT2D eigenvalue weighted by molar-refractivity contribution is 0.598. The van der Waals surface area contributed by atoms with E-state index in [1.54, 1.807) is 6.92 Å². The Bertz CT molecular complexity index is 697. The van der Waals surface area contributed by atoms with Crippen LogP contribution < -0.4 is 10.9 Å². The topological polar surface area (TPSA) is 140 Å². The van der Waals surface area contributed by atoms with E-state index >= 15 is 0 Å². The average molecular weight is 280 g/mol. The Morgan fingerprint density at radius 2 is 1.84 bits per heavy atom. The molecule has 0 unspecified atom stereocenters. The number of nitrogens with two attached hydrogens (primary N) is 2. The number of nitrogens with zero attached hydrogens (tertiary/aromatic N) is 3. The van der Waals surface area contributed by atoms with E-state index in [0.717, 1.165) is 0 Å². The summed E-state index contributed by atoms with van der Waals surface area (Å²) in [6.07, 6.45) is 0. The molecule has 0 amide bonds. The number of rotatable bonds is 3. The average Bonchev–Trinajstić information content (AvgIpc) is 2.66. The zero-order valence-corrected chi connectivity index (χ0v) is 10.8. The molecule has 1 aromatic carbocycles. The van der Waals surface area contributed by atoms with Gasteiger partial charge in [0, 0.05) is 0 Å². The summed E-state index contributed by atoms with van der Waals surface area (Å²) >= 11 is 0. The molecule has 0 bridgehead atoms. The molecule has 9 heteroatoms. The Morgan fingerprint density at radius 1 is 1.21 bits per heavy atom. The van der Waals surface area contributed by atoms with Crippen molar-refractivity contribution in [3.8, 4) is 0 Å².